The van der Waals surface area contributed by atoms with Gasteiger partial charge in [0.15, 0.2) is 0 Å². The molecule has 2 amide bonds. The van der Waals surface area contributed by atoms with Gasteiger partial charge in [-0.05, 0) is 55.2 Å². The van der Waals surface area contributed by atoms with Gasteiger partial charge in [-0.2, -0.15) is 0 Å². The number of nitrogens with one attached hydrogen (secondary N) is 2. The first kappa shape index (κ1) is 19.9. The molecule has 0 heterocycles. The van der Waals surface area contributed by atoms with Gasteiger partial charge in [0.25, 0.3) is 5.91 Å². The third-order valence-corrected chi connectivity index (χ3v) is 5.26. The molecule has 0 aliphatic heterocycles. The fourth-order valence-electron chi connectivity index (χ4n) is 3.59. The predicted octanol–water partition coefficient (Wildman–Crippen LogP) is 4.45. The number of carbonyl (C=O) groups is 2. The summed E-state index contributed by atoms with van der Waals surface area (Å²) in [5, 5.41) is 5.92. The second kappa shape index (κ2) is 9.40. The lowest BCUT2D eigenvalue weighted by Gasteiger charge is -2.20. The zero-order chi connectivity index (χ0) is 19.9. The molecule has 0 bridgehead atoms. The Labute approximate surface area is 166 Å². The molecule has 148 valence electrons. The highest BCUT2D eigenvalue weighted by molar-refractivity contribution is 6.05. The molecule has 5 nitrogen and oxygen atoms in total. The monoisotopic (exact) mass is 380 g/mol. The molecule has 2 aromatic carbocycles. The van der Waals surface area contributed by atoms with Crippen molar-refractivity contribution in [1.82, 2.24) is 5.32 Å². The number of hydrogen-bond acceptors (Lipinski definition) is 3. The van der Waals surface area contributed by atoms with E-state index in [-0.39, 0.29) is 17.7 Å². The lowest BCUT2D eigenvalue weighted by Crippen LogP contribution is -2.31. The van der Waals surface area contributed by atoms with Crippen molar-refractivity contribution in [2.45, 2.75) is 45.6 Å². The van der Waals surface area contributed by atoms with E-state index in [1.807, 2.05) is 37.3 Å². The van der Waals surface area contributed by atoms with E-state index in [2.05, 4.69) is 10.6 Å². The number of amides is 2. The molecule has 28 heavy (non-hydrogen) atoms. The van der Waals surface area contributed by atoms with Crippen LogP contribution in [0.5, 0.6) is 5.75 Å². The Bertz CT molecular complexity index is 824. The average molecular weight is 380 g/mol. The normalized spacial score (nSPS) is 14.4. The fourth-order valence-corrected chi connectivity index (χ4v) is 3.59. The van der Waals surface area contributed by atoms with Crippen molar-refractivity contribution >= 4 is 17.5 Å². The first-order chi connectivity index (χ1) is 13.6. The van der Waals surface area contributed by atoms with Crippen LogP contribution in [0.2, 0.25) is 0 Å². The summed E-state index contributed by atoms with van der Waals surface area (Å²) in [6, 6.07) is 13.0. The molecule has 0 atom stereocenters. The van der Waals surface area contributed by atoms with Crippen molar-refractivity contribution in [1.29, 1.82) is 0 Å². The summed E-state index contributed by atoms with van der Waals surface area (Å²) in [4.78, 5) is 24.8. The largest absolute Gasteiger partial charge is 0.495 e. The lowest BCUT2D eigenvalue weighted by atomic mass is 9.88. The van der Waals surface area contributed by atoms with Gasteiger partial charge in [-0.15, -0.1) is 0 Å². The van der Waals surface area contributed by atoms with Crippen molar-refractivity contribution in [2.24, 2.45) is 5.92 Å². The zero-order valence-electron chi connectivity index (χ0n) is 16.6. The van der Waals surface area contributed by atoms with Crippen LogP contribution in [0.1, 0.15) is 53.6 Å². The first-order valence-corrected chi connectivity index (χ1v) is 9.89. The third kappa shape index (κ3) is 5.12. The minimum atomic E-state index is -0.193. The number of hydrogen-bond donors (Lipinski definition) is 2. The Hall–Kier alpha value is -2.82. The van der Waals surface area contributed by atoms with Crippen molar-refractivity contribution in [2.75, 3.05) is 12.4 Å². The van der Waals surface area contributed by atoms with E-state index < -0.39 is 0 Å². The molecular weight excluding hydrogens is 352 g/mol. The summed E-state index contributed by atoms with van der Waals surface area (Å²) in [5.74, 6) is 0.735. The Balaban J connectivity index is 1.57. The van der Waals surface area contributed by atoms with Gasteiger partial charge in [0, 0.05) is 18.0 Å². The van der Waals surface area contributed by atoms with Crippen molar-refractivity contribution in [3.63, 3.8) is 0 Å². The topological polar surface area (TPSA) is 67.4 Å². The number of aryl methyl sites for hydroxylation is 1. The fraction of sp³-hybridized carbons (Fsp3) is 0.391. The van der Waals surface area contributed by atoms with Crippen LogP contribution in [-0.4, -0.2) is 18.9 Å². The molecule has 0 unspecified atom stereocenters. The second-order valence-corrected chi connectivity index (χ2v) is 7.41. The smallest absolute Gasteiger partial charge is 0.255 e. The zero-order valence-corrected chi connectivity index (χ0v) is 16.6. The molecule has 0 radical (unpaired) electrons. The molecule has 1 saturated carbocycles. The summed E-state index contributed by atoms with van der Waals surface area (Å²) < 4.78 is 5.31. The van der Waals surface area contributed by atoms with Crippen LogP contribution in [0.4, 0.5) is 5.69 Å². The van der Waals surface area contributed by atoms with Crippen LogP contribution in [0.15, 0.2) is 42.5 Å². The number of benzene rings is 2. The van der Waals surface area contributed by atoms with Crippen LogP contribution in [0.25, 0.3) is 0 Å². The van der Waals surface area contributed by atoms with E-state index in [0.29, 0.717) is 23.5 Å². The summed E-state index contributed by atoms with van der Waals surface area (Å²) in [6.07, 6.45) is 5.52. The Morgan fingerprint density at radius 3 is 2.43 bits per heavy atom. The van der Waals surface area contributed by atoms with E-state index in [1.165, 1.54) is 6.42 Å². The highest BCUT2D eigenvalue weighted by atomic mass is 16.5. The first-order valence-electron chi connectivity index (χ1n) is 9.89. The van der Waals surface area contributed by atoms with E-state index in [9.17, 15) is 9.59 Å². The van der Waals surface area contributed by atoms with Crippen molar-refractivity contribution in [3.05, 3.63) is 59.2 Å². The van der Waals surface area contributed by atoms with Gasteiger partial charge in [0.2, 0.25) is 5.91 Å². The highest BCUT2D eigenvalue weighted by Gasteiger charge is 2.20. The molecule has 2 aromatic rings. The van der Waals surface area contributed by atoms with E-state index in [1.54, 1.807) is 19.2 Å². The Kier molecular flexibility index (Phi) is 6.69. The molecule has 0 saturated heterocycles. The standard InChI is InChI=1S/C23H28N2O3/c1-16-8-13-21(28-2)20(14-16)25-23(27)19-11-9-17(10-12-19)15-24-22(26)18-6-4-3-5-7-18/h8-14,18H,3-7,15H2,1-2H3,(H,24,26)(H,25,27). The van der Waals surface area contributed by atoms with Gasteiger partial charge in [-0.1, -0.05) is 37.5 Å². The van der Waals surface area contributed by atoms with Crippen LogP contribution in [0.3, 0.4) is 0 Å². The quantitative estimate of drug-likeness (QED) is 0.778. The number of ether oxygens (including phenoxy) is 1. The van der Waals surface area contributed by atoms with Crippen LogP contribution in [0, 0.1) is 12.8 Å². The summed E-state index contributed by atoms with van der Waals surface area (Å²) in [5.41, 5.74) is 3.23. The molecule has 3 rings (SSSR count). The van der Waals surface area contributed by atoms with Gasteiger partial charge < -0.3 is 15.4 Å². The lowest BCUT2D eigenvalue weighted by molar-refractivity contribution is -0.126. The average Bonchev–Trinajstić information content (AvgIpc) is 2.73. The molecule has 1 aliphatic rings. The molecule has 0 aromatic heterocycles. The van der Waals surface area contributed by atoms with Gasteiger partial charge in [-0.3, -0.25) is 9.59 Å². The van der Waals surface area contributed by atoms with Crippen molar-refractivity contribution < 1.29 is 14.3 Å². The summed E-state index contributed by atoms with van der Waals surface area (Å²) >= 11 is 0. The Morgan fingerprint density at radius 1 is 1.04 bits per heavy atom. The van der Waals surface area contributed by atoms with E-state index in [0.717, 1.165) is 36.8 Å². The van der Waals surface area contributed by atoms with Crippen LogP contribution >= 0.6 is 0 Å². The number of methoxy groups -OCH3 is 1. The predicted molar refractivity (Wildman–Crippen MR) is 111 cm³/mol. The van der Waals surface area contributed by atoms with Gasteiger partial charge in [-0.25, -0.2) is 0 Å². The highest BCUT2D eigenvalue weighted by Crippen LogP contribution is 2.26. The van der Waals surface area contributed by atoms with Crippen molar-refractivity contribution in [3.8, 4) is 5.75 Å². The van der Waals surface area contributed by atoms with Crippen LogP contribution in [-0.2, 0) is 11.3 Å². The van der Waals surface area contributed by atoms with Gasteiger partial charge in [0.05, 0.1) is 12.8 Å². The molecular formula is C23H28N2O3. The molecule has 5 heteroatoms. The maximum atomic E-state index is 12.5. The second-order valence-electron chi connectivity index (χ2n) is 7.41. The Morgan fingerprint density at radius 2 is 1.75 bits per heavy atom. The maximum Gasteiger partial charge on any atom is 0.255 e. The van der Waals surface area contributed by atoms with E-state index in [4.69, 9.17) is 4.74 Å². The number of rotatable bonds is 6. The molecule has 0 spiro atoms. The molecule has 1 fully saturated rings. The molecule has 2 N–H and O–H groups in total. The third-order valence-electron chi connectivity index (χ3n) is 5.26. The minimum absolute atomic E-state index is 0.146. The van der Waals surface area contributed by atoms with E-state index >= 15 is 0 Å². The molecule has 1 aliphatic carbocycles. The van der Waals surface area contributed by atoms with Gasteiger partial charge >= 0.3 is 0 Å². The van der Waals surface area contributed by atoms with Crippen LogP contribution < -0.4 is 15.4 Å². The van der Waals surface area contributed by atoms with Gasteiger partial charge in [0.1, 0.15) is 5.75 Å². The SMILES string of the molecule is COc1ccc(C)cc1NC(=O)c1ccc(CNC(=O)C2CCCCC2)cc1. The maximum absolute atomic E-state index is 12.5. The minimum Gasteiger partial charge on any atom is -0.495 e. The summed E-state index contributed by atoms with van der Waals surface area (Å²) in [6.45, 7) is 2.45. The summed E-state index contributed by atoms with van der Waals surface area (Å²) in [7, 11) is 1.58. The number of carbonyl (C=O) groups excluding carboxylic acids is 2. The number of anilines is 1.